The van der Waals surface area contributed by atoms with Crippen LogP contribution in [0.3, 0.4) is 0 Å². The molecule has 2 aliphatic heterocycles. The highest BCUT2D eigenvalue weighted by atomic mass is 16.4. The lowest BCUT2D eigenvalue weighted by atomic mass is 9.75. The van der Waals surface area contributed by atoms with E-state index in [4.69, 9.17) is 0 Å². The Hall–Kier alpha value is -3.39. The summed E-state index contributed by atoms with van der Waals surface area (Å²) in [5.41, 5.74) is -0.425. The number of aromatic hydroxyl groups is 2. The Kier molecular flexibility index (Phi) is 5.42. The van der Waals surface area contributed by atoms with Crippen LogP contribution in [0.2, 0.25) is 0 Å². The zero-order valence-corrected chi connectivity index (χ0v) is 17.9. The molecule has 2 amide bonds. The summed E-state index contributed by atoms with van der Waals surface area (Å²) < 4.78 is 0. The Bertz CT molecular complexity index is 1070. The second-order valence-electron chi connectivity index (χ2n) is 9.00. The van der Waals surface area contributed by atoms with E-state index in [2.05, 4.69) is 5.32 Å². The van der Waals surface area contributed by atoms with E-state index in [0.717, 1.165) is 10.5 Å². The van der Waals surface area contributed by atoms with Crippen LogP contribution in [0.1, 0.15) is 37.4 Å². The van der Waals surface area contributed by atoms with Gasteiger partial charge in [-0.15, -0.1) is 0 Å². The van der Waals surface area contributed by atoms with Gasteiger partial charge in [-0.05, 0) is 35.6 Å². The van der Waals surface area contributed by atoms with Crippen molar-refractivity contribution in [2.24, 2.45) is 17.8 Å². The van der Waals surface area contributed by atoms with Crippen molar-refractivity contribution in [2.75, 3.05) is 0 Å². The number of carbonyl (C=O) groups is 3. The van der Waals surface area contributed by atoms with Gasteiger partial charge in [-0.2, -0.15) is 0 Å². The summed E-state index contributed by atoms with van der Waals surface area (Å²) in [7, 11) is 0. The minimum absolute atomic E-state index is 0.0581. The number of fused-ring (bicyclic) bond motifs is 1. The first-order chi connectivity index (χ1) is 15.2. The lowest BCUT2D eigenvalue weighted by molar-refractivity contribution is -0.152. The largest absolute Gasteiger partial charge is 0.504 e. The number of carboxylic acids is 1. The van der Waals surface area contributed by atoms with Crippen molar-refractivity contribution in [1.29, 1.82) is 0 Å². The van der Waals surface area contributed by atoms with Crippen molar-refractivity contribution in [2.45, 2.75) is 38.4 Å². The third-order valence-electron chi connectivity index (χ3n) is 6.40. The fraction of sp³-hybridized carbons (Fsp3) is 0.375. The Morgan fingerprint density at radius 3 is 2.34 bits per heavy atom. The number of benzene rings is 2. The van der Waals surface area contributed by atoms with E-state index in [-0.39, 0.29) is 30.4 Å². The van der Waals surface area contributed by atoms with Crippen LogP contribution in [0.4, 0.5) is 0 Å². The van der Waals surface area contributed by atoms with E-state index in [0.29, 0.717) is 5.56 Å². The number of likely N-dealkylation sites (tertiary alicyclic amines) is 1. The first kappa shape index (κ1) is 21.8. The standard InChI is InChI=1S/C24H26N2O6/c1-13(2)11-24(23(31)32)19-18(20(25-24)15-8-9-16(27)17(28)10-15)21(29)26(22(19)30)12-14-6-4-3-5-7-14/h3-10,13,18-20,25,27-28H,11-12H2,1-2H3,(H,31,32). The summed E-state index contributed by atoms with van der Waals surface area (Å²) in [6.07, 6.45) is 0.155. The molecule has 4 N–H and O–H groups in total. The lowest BCUT2D eigenvalue weighted by Crippen LogP contribution is -2.56. The van der Waals surface area contributed by atoms with Crippen LogP contribution < -0.4 is 5.32 Å². The van der Waals surface area contributed by atoms with Gasteiger partial charge < -0.3 is 15.3 Å². The van der Waals surface area contributed by atoms with Crippen molar-refractivity contribution in [1.82, 2.24) is 10.2 Å². The summed E-state index contributed by atoms with van der Waals surface area (Å²) in [6.45, 7) is 3.80. The van der Waals surface area contributed by atoms with Gasteiger partial charge in [-0.3, -0.25) is 24.6 Å². The first-order valence-electron chi connectivity index (χ1n) is 10.6. The molecule has 2 aromatic rings. The molecular weight excluding hydrogens is 412 g/mol. The fourth-order valence-corrected chi connectivity index (χ4v) is 5.12. The number of nitrogens with zero attached hydrogens (tertiary/aromatic N) is 1. The topological polar surface area (TPSA) is 127 Å². The summed E-state index contributed by atoms with van der Waals surface area (Å²) in [5.74, 6) is -4.92. The normalized spacial score (nSPS) is 27.2. The van der Waals surface area contributed by atoms with Crippen LogP contribution in [0.15, 0.2) is 48.5 Å². The molecule has 0 saturated carbocycles. The van der Waals surface area contributed by atoms with Gasteiger partial charge in [0.15, 0.2) is 11.5 Å². The minimum atomic E-state index is -1.63. The van der Waals surface area contributed by atoms with Crippen LogP contribution in [0, 0.1) is 17.8 Å². The smallest absolute Gasteiger partial charge is 0.324 e. The molecule has 168 valence electrons. The van der Waals surface area contributed by atoms with Crippen molar-refractivity contribution < 1.29 is 29.7 Å². The molecule has 2 aromatic carbocycles. The van der Waals surface area contributed by atoms with Crippen LogP contribution in [-0.4, -0.2) is 43.5 Å². The number of aliphatic carboxylic acids is 1. The molecule has 2 saturated heterocycles. The number of carbonyl (C=O) groups excluding carboxylic acids is 2. The molecule has 4 atom stereocenters. The van der Waals surface area contributed by atoms with Gasteiger partial charge in [0.05, 0.1) is 18.4 Å². The average Bonchev–Trinajstić information content (AvgIpc) is 3.20. The summed E-state index contributed by atoms with van der Waals surface area (Å²) in [5, 5.41) is 33.0. The molecule has 32 heavy (non-hydrogen) atoms. The zero-order chi connectivity index (χ0) is 23.2. The lowest BCUT2D eigenvalue weighted by Gasteiger charge is -2.32. The first-order valence-corrected chi connectivity index (χ1v) is 10.6. The van der Waals surface area contributed by atoms with Crippen LogP contribution in [0.25, 0.3) is 0 Å². The number of imide groups is 1. The van der Waals surface area contributed by atoms with Gasteiger partial charge >= 0.3 is 5.97 Å². The average molecular weight is 438 g/mol. The zero-order valence-electron chi connectivity index (χ0n) is 17.9. The van der Waals surface area contributed by atoms with Crippen LogP contribution >= 0.6 is 0 Å². The summed E-state index contributed by atoms with van der Waals surface area (Å²) >= 11 is 0. The third-order valence-corrected chi connectivity index (χ3v) is 6.40. The molecule has 2 aliphatic rings. The predicted molar refractivity (Wildman–Crippen MR) is 114 cm³/mol. The Labute approximate surface area is 185 Å². The monoisotopic (exact) mass is 438 g/mol. The number of hydrogen-bond acceptors (Lipinski definition) is 6. The number of rotatable bonds is 6. The van der Waals surface area contributed by atoms with E-state index >= 15 is 0 Å². The van der Waals surface area contributed by atoms with Crippen molar-refractivity contribution in [3.05, 3.63) is 59.7 Å². The maximum Gasteiger partial charge on any atom is 0.324 e. The number of phenols is 2. The summed E-state index contributed by atoms with van der Waals surface area (Å²) in [6, 6.07) is 12.4. The number of carboxylic acid groups (broad SMARTS) is 1. The van der Waals surface area contributed by atoms with E-state index in [1.165, 1.54) is 18.2 Å². The molecule has 0 radical (unpaired) electrons. The van der Waals surface area contributed by atoms with E-state index < -0.39 is 41.2 Å². The van der Waals surface area contributed by atoms with Crippen LogP contribution in [0.5, 0.6) is 11.5 Å². The van der Waals surface area contributed by atoms with Crippen molar-refractivity contribution in [3.63, 3.8) is 0 Å². The highest BCUT2D eigenvalue weighted by Crippen LogP contribution is 2.51. The highest BCUT2D eigenvalue weighted by molar-refractivity contribution is 6.09. The van der Waals surface area contributed by atoms with Gasteiger partial charge in [0.25, 0.3) is 0 Å². The predicted octanol–water partition coefficient (Wildman–Crippen LogP) is 2.41. The molecule has 0 spiro atoms. The quantitative estimate of drug-likeness (QED) is 0.403. The minimum Gasteiger partial charge on any atom is -0.504 e. The number of hydrogen-bond donors (Lipinski definition) is 4. The van der Waals surface area contributed by atoms with Gasteiger partial charge in [-0.1, -0.05) is 50.2 Å². The number of phenolic OH excluding ortho intramolecular Hbond substituents is 2. The number of nitrogens with one attached hydrogen (secondary N) is 1. The fourth-order valence-electron chi connectivity index (χ4n) is 5.12. The van der Waals surface area contributed by atoms with E-state index in [1.807, 2.05) is 32.0 Å². The second kappa shape index (κ2) is 7.94. The van der Waals surface area contributed by atoms with Gasteiger partial charge in [0.1, 0.15) is 5.54 Å². The highest BCUT2D eigenvalue weighted by Gasteiger charge is 2.68. The summed E-state index contributed by atoms with van der Waals surface area (Å²) in [4.78, 5) is 40.7. The molecule has 8 nitrogen and oxygen atoms in total. The number of amides is 2. The van der Waals surface area contributed by atoms with Crippen molar-refractivity contribution in [3.8, 4) is 11.5 Å². The Morgan fingerprint density at radius 2 is 1.75 bits per heavy atom. The molecule has 8 heteroatoms. The molecular formula is C24H26N2O6. The van der Waals surface area contributed by atoms with Gasteiger partial charge in [0.2, 0.25) is 11.8 Å². The third kappa shape index (κ3) is 3.40. The van der Waals surface area contributed by atoms with E-state index in [9.17, 15) is 29.7 Å². The van der Waals surface area contributed by atoms with Crippen molar-refractivity contribution >= 4 is 17.8 Å². The molecule has 0 bridgehead atoms. The maximum atomic E-state index is 13.5. The molecule has 4 rings (SSSR count). The van der Waals surface area contributed by atoms with E-state index in [1.54, 1.807) is 12.1 Å². The Balaban J connectivity index is 1.81. The molecule has 0 aliphatic carbocycles. The molecule has 2 fully saturated rings. The maximum absolute atomic E-state index is 13.5. The molecule has 4 unspecified atom stereocenters. The van der Waals surface area contributed by atoms with Gasteiger partial charge in [0, 0.05) is 6.04 Å². The second-order valence-corrected chi connectivity index (χ2v) is 9.00. The Morgan fingerprint density at radius 1 is 1.06 bits per heavy atom. The van der Waals surface area contributed by atoms with Gasteiger partial charge in [-0.25, -0.2) is 0 Å². The molecule has 0 aromatic heterocycles. The van der Waals surface area contributed by atoms with Crippen LogP contribution in [-0.2, 0) is 20.9 Å². The molecule has 2 heterocycles. The SMILES string of the molecule is CC(C)CC1(C(=O)O)NC(c2ccc(O)c(O)c2)C2C(=O)N(Cc3ccccc3)C(=O)C21.